The summed E-state index contributed by atoms with van der Waals surface area (Å²) in [5, 5.41) is 12.1. The first-order valence-corrected chi connectivity index (χ1v) is 10.4. The molecule has 3 rings (SSSR count). The Bertz CT molecular complexity index is 968. The molecular weight excluding hydrogens is 435 g/mol. The van der Waals surface area contributed by atoms with Crippen LogP contribution in [-0.2, 0) is 26.1 Å². The summed E-state index contributed by atoms with van der Waals surface area (Å²) in [6.07, 6.45) is 1.64. The second-order valence-electron chi connectivity index (χ2n) is 5.55. The molecular formula is C15H18Cl2N4O4S2. The lowest BCUT2D eigenvalue weighted by atomic mass is 10.3. The lowest BCUT2D eigenvalue weighted by molar-refractivity contribution is -0.116. The van der Waals surface area contributed by atoms with Crippen LogP contribution in [0.5, 0.6) is 0 Å². The van der Waals surface area contributed by atoms with E-state index in [9.17, 15) is 13.2 Å². The van der Waals surface area contributed by atoms with E-state index >= 15 is 0 Å². The average molecular weight is 453 g/mol. The number of rotatable bonds is 5. The molecule has 1 amide bonds. The van der Waals surface area contributed by atoms with Crippen LogP contribution in [0.4, 0.5) is 5.69 Å². The van der Waals surface area contributed by atoms with Gasteiger partial charge in [-0.05, 0) is 18.2 Å². The third-order valence-corrected chi connectivity index (χ3v) is 6.89. The van der Waals surface area contributed by atoms with E-state index in [0.717, 1.165) is 0 Å². The summed E-state index contributed by atoms with van der Waals surface area (Å²) < 4.78 is 33.6. The number of anilines is 1. The summed E-state index contributed by atoms with van der Waals surface area (Å²) in [4.78, 5) is 12.4. The minimum atomic E-state index is -3.77. The molecule has 0 radical (unpaired) electrons. The van der Waals surface area contributed by atoms with Crippen molar-refractivity contribution in [2.24, 2.45) is 0 Å². The van der Waals surface area contributed by atoms with E-state index in [2.05, 4.69) is 5.32 Å². The van der Waals surface area contributed by atoms with Gasteiger partial charge in [0.15, 0.2) is 4.80 Å². The molecule has 1 aromatic carbocycles. The Kier molecular flexibility index (Phi) is 7.43. The number of carbonyl (C=O) groups excluding carboxylic acids is 1. The van der Waals surface area contributed by atoms with Crippen LogP contribution in [-0.4, -0.2) is 49.5 Å². The summed E-state index contributed by atoms with van der Waals surface area (Å²) in [5.74, 6) is -0.362. The van der Waals surface area contributed by atoms with Crippen LogP contribution in [0, 0.1) is 5.41 Å². The quantitative estimate of drug-likeness (QED) is 0.720. The number of aromatic nitrogens is 1. The molecule has 2 heterocycles. The molecule has 27 heavy (non-hydrogen) atoms. The SMILES string of the molecule is Cl.N=c1sccn1CC(=O)Nc1ccc(Cl)c(S(=O)(=O)N2CCOCC2)c1. The van der Waals surface area contributed by atoms with E-state index in [4.69, 9.17) is 21.7 Å². The zero-order valence-electron chi connectivity index (χ0n) is 14.1. The number of halogens is 2. The molecule has 0 saturated carbocycles. The number of hydrogen-bond donors (Lipinski definition) is 2. The molecule has 8 nitrogen and oxygen atoms in total. The maximum Gasteiger partial charge on any atom is 0.244 e. The van der Waals surface area contributed by atoms with Crippen LogP contribution < -0.4 is 10.1 Å². The van der Waals surface area contributed by atoms with Crippen molar-refractivity contribution in [2.75, 3.05) is 31.6 Å². The van der Waals surface area contributed by atoms with E-state index in [-0.39, 0.29) is 52.7 Å². The van der Waals surface area contributed by atoms with Gasteiger partial charge in [-0.25, -0.2) is 8.42 Å². The number of nitrogens with one attached hydrogen (secondary N) is 2. The van der Waals surface area contributed by atoms with Crippen molar-refractivity contribution in [1.82, 2.24) is 8.87 Å². The van der Waals surface area contributed by atoms with Crippen molar-refractivity contribution in [3.63, 3.8) is 0 Å². The maximum absolute atomic E-state index is 12.8. The van der Waals surface area contributed by atoms with Crippen LogP contribution in [0.25, 0.3) is 0 Å². The monoisotopic (exact) mass is 452 g/mol. The summed E-state index contributed by atoms with van der Waals surface area (Å²) in [6.45, 7) is 1.16. The Morgan fingerprint density at radius 2 is 2.04 bits per heavy atom. The van der Waals surface area contributed by atoms with Gasteiger partial charge >= 0.3 is 0 Å². The molecule has 0 bridgehead atoms. The summed E-state index contributed by atoms with van der Waals surface area (Å²) in [6, 6.07) is 4.33. The van der Waals surface area contributed by atoms with Gasteiger partial charge in [0.1, 0.15) is 11.4 Å². The molecule has 1 saturated heterocycles. The van der Waals surface area contributed by atoms with E-state index in [0.29, 0.717) is 18.9 Å². The van der Waals surface area contributed by atoms with Crippen molar-refractivity contribution in [3.05, 3.63) is 39.6 Å². The van der Waals surface area contributed by atoms with Gasteiger partial charge in [-0.15, -0.1) is 23.7 Å². The van der Waals surface area contributed by atoms with Crippen molar-refractivity contribution in [1.29, 1.82) is 5.41 Å². The fourth-order valence-corrected chi connectivity index (χ4v) is 4.99. The first-order chi connectivity index (χ1) is 12.4. The Morgan fingerprint density at radius 1 is 1.33 bits per heavy atom. The molecule has 0 aliphatic carbocycles. The molecule has 0 spiro atoms. The standard InChI is InChI=1S/C15H17ClN4O4S2.ClH/c16-12-2-1-11(18-14(21)10-19-5-8-25-15(19)17)9-13(12)26(22,23)20-3-6-24-7-4-20;/h1-2,5,8-9,17H,3-4,6-7,10H2,(H,18,21);1H. The highest BCUT2D eigenvalue weighted by atomic mass is 35.5. The summed E-state index contributed by atoms with van der Waals surface area (Å²) in [7, 11) is -3.77. The lowest BCUT2D eigenvalue weighted by Gasteiger charge is -2.26. The van der Waals surface area contributed by atoms with Crippen molar-refractivity contribution >= 4 is 57.0 Å². The molecule has 1 fully saturated rings. The molecule has 0 atom stereocenters. The molecule has 12 heteroatoms. The Hall–Kier alpha value is -1.43. The third-order valence-electron chi connectivity index (χ3n) is 3.80. The highest BCUT2D eigenvalue weighted by molar-refractivity contribution is 7.89. The largest absolute Gasteiger partial charge is 0.379 e. The Labute approximate surface area is 171 Å². The number of sulfonamides is 1. The minimum absolute atomic E-state index is 0. The predicted molar refractivity (Wildman–Crippen MR) is 105 cm³/mol. The highest BCUT2D eigenvalue weighted by Gasteiger charge is 2.28. The molecule has 1 aliphatic rings. The number of carbonyl (C=O) groups is 1. The number of morpholine rings is 1. The number of hydrogen-bond acceptors (Lipinski definition) is 6. The Balaban J connectivity index is 0.00000261. The average Bonchev–Trinajstić information content (AvgIpc) is 3.02. The van der Waals surface area contributed by atoms with Crippen LogP contribution in [0.2, 0.25) is 5.02 Å². The van der Waals surface area contributed by atoms with Crippen molar-refractivity contribution < 1.29 is 17.9 Å². The summed E-state index contributed by atoms with van der Waals surface area (Å²) >= 11 is 7.31. The zero-order chi connectivity index (χ0) is 18.7. The van der Waals surface area contributed by atoms with Gasteiger partial charge in [0.2, 0.25) is 15.9 Å². The summed E-state index contributed by atoms with van der Waals surface area (Å²) in [5.41, 5.74) is 0.327. The number of benzene rings is 1. The first-order valence-electron chi connectivity index (χ1n) is 7.74. The van der Waals surface area contributed by atoms with E-state index in [1.54, 1.807) is 17.6 Å². The predicted octanol–water partition coefficient (Wildman–Crippen LogP) is 1.76. The highest BCUT2D eigenvalue weighted by Crippen LogP contribution is 2.28. The van der Waals surface area contributed by atoms with E-state index in [1.807, 2.05) is 0 Å². The zero-order valence-corrected chi connectivity index (χ0v) is 17.3. The van der Waals surface area contributed by atoms with Crippen LogP contribution >= 0.6 is 35.3 Å². The third kappa shape index (κ3) is 5.09. The van der Waals surface area contributed by atoms with Gasteiger partial charge in [-0.1, -0.05) is 11.6 Å². The Morgan fingerprint density at radius 3 is 2.67 bits per heavy atom. The molecule has 0 unspecified atom stereocenters. The van der Waals surface area contributed by atoms with Crippen LogP contribution in [0.1, 0.15) is 0 Å². The van der Waals surface area contributed by atoms with Gasteiger partial charge in [0.05, 0.1) is 18.2 Å². The van der Waals surface area contributed by atoms with Crippen LogP contribution in [0.15, 0.2) is 34.7 Å². The normalized spacial score (nSPS) is 15.1. The van der Waals surface area contributed by atoms with Gasteiger partial charge in [0, 0.05) is 30.4 Å². The maximum atomic E-state index is 12.8. The molecule has 1 aromatic heterocycles. The lowest BCUT2D eigenvalue weighted by Crippen LogP contribution is -2.40. The number of nitrogens with zero attached hydrogens (tertiary/aromatic N) is 2. The van der Waals surface area contributed by atoms with Gasteiger partial charge in [-0.3, -0.25) is 10.2 Å². The van der Waals surface area contributed by atoms with Crippen LogP contribution in [0.3, 0.4) is 0 Å². The second kappa shape index (κ2) is 9.18. The second-order valence-corrected chi connectivity index (χ2v) is 8.75. The fourth-order valence-electron chi connectivity index (χ4n) is 2.49. The van der Waals surface area contributed by atoms with E-state index in [1.165, 1.54) is 32.3 Å². The number of thiazole rings is 1. The first kappa shape index (κ1) is 21.9. The van der Waals surface area contributed by atoms with E-state index < -0.39 is 10.0 Å². The van der Waals surface area contributed by atoms with Crippen molar-refractivity contribution in [3.8, 4) is 0 Å². The minimum Gasteiger partial charge on any atom is -0.379 e. The topological polar surface area (TPSA) is 104 Å². The molecule has 148 valence electrons. The van der Waals surface area contributed by atoms with Crippen molar-refractivity contribution in [2.45, 2.75) is 11.4 Å². The molecule has 1 aliphatic heterocycles. The molecule has 2 N–H and O–H groups in total. The fraction of sp³-hybridized carbons (Fsp3) is 0.333. The van der Waals surface area contributed by atoms with Gasteiger partial charge < -0.3 is 14.6 Å². The number of ether oxygens (including phenoxy) is 1. The smallest absolute Gasteiger partial charge is 0.244 e. The number of amides is 1. The molecule has 2 aromatic rings. The van der Waals surface area contributed by atoms with Gasteiger partial charge in [-0.2, -0.15) is 4.31 Å². The van der Waals surface area contributed by atoms with Gasteiger partial charge in [0.25, 0.3) is 0 Å².